The number of rotatable bonds is 7. The minimum Gasteiger partial charge on any atom is -0.497 e. The van der Waals surface area contributed by atoms with E-state index in [9.17, 15) is 5.26 Å². The highest BCUT2D eigenvalue weighted by molar-refractivity contribution is 5.58. The summed E-state index contributed by atoms with van der Waals surface area (Å²) in [6.07, 6.45) is 10.1. The zero-order valence-corrected chi connectivity index (χ0v) is 21.6. The van der Waals surface area contributed by atoms with E-state index >= 15 is 0 Å². The van der Waals surface area contributed by atoms with Crippen LogP contribution in [0, 0.1) is 11.3 Å². The van der Waals surface area contributed by atoms with Crippen LogP contribution in [0.4, 0.5) is 0 Å². The zero-order valence-electron chi connectivity index (χ0n) is 21.6. The Kier molecular flexibility index (Phi) is 6.54. The summed E-state index contributed by atoms with van der Waals surface area (Å²) in [5.41, 5.74) is 4.74. The van der Waals surface area contributed by atoms with E-state index in [1.54, 1.807) is 13.3 Å². The molecule has 2 aromatic carbocycles. The minimum atomic E-state index is -0.386. The van der Waals surface area contributed by atoms with Gasteiger partial charge in [-0.15, -0.1) is 0 Å². The molecule has 0 N–H and O–H groups in total. The first-order valence-corrected chi connectivity index (χ1v) is 13.0. The fourth-order valence-electron chi connectivity index (χ4n) is 5.59. The number of nitriles is 1. The van der Waals surface area contributed by atoms with Gasteiger partial charge in [0.05, 0.1) is 49.4 Å². The van der Waals surface area contributed by atoms with Crippen LogP contribution in [0.15, 0.2) is 79.3 Å². The molecule has 0 spiro atoms. The van der Waals surface area contributed by atoms with Gasteiger partial charge in [0, 0.05) is 44.5 Å². The summed E-state index contributed by atoms with van der Waals surface area (Å²) in [5, 5.41) is 18.9. The highest BCUT2D eigenvalue weighted by Crippen LogP contribution is 2.37. The normalized spacial score (nSPS) is 19.7. The second-order valence-electron chi connectivity index (χ2n) is 9.99. The van der Waals surface area contributed by atoms with Crippen LogP contribution in [0.1, 0.15) is 27.9 Å². The average Bonchev–Trinajstić information content (AvgIpc) is 3.61. The smallest absolute Gasteiger partial charge is 0.118 e. The molecule has 0 saturated carbocycles. The van der Waals surface area contributed by atoms with Crippen LogP contribution in [0.2, 0.25) is 0 Å². The van der Waals surface area contributed by atoms with Gasteiger partial charge in [0.15, 0.2) is 0 Å². The molecule has 8 heteroatoms. The van der Waals surface area contributed by atoms with Crippen molar-refractivity contribution in [2.45, 2.75) is 25.2 Å². The summed E-state index contributed by atoms with van der Waals surface area (Å²) in [5.74, 6) is 0.847. The molecule has 2 aromatic heterocycles. The second-order valence-corrected chi connectivity index (χ2v) is 9.99. The third-order valence-electron chi connectivity index (χ3n) is 7.73. The lowest BCUT2D eigenvalue weighted by atomic mass is 9.86. The molecule has 1 saturated heterocycles. The van der Waals surface area contributed by atoms with E-state index in [4.69, 9.17) is 9.84 Å². The van der Waals surface area contributed by atoms with Gasteiger partial charge in [0.25, 0.3) is 0 Å². The van der Waals surface area contributed by atoms with E-state index in [1.807, 2.05) is 27.7 Å². The summed E-state index contributed by atoms with van der Waals surface area (Å²) < 4.78 is 9.26. The van der Waals surface area contributed by atoms with Crippen LogP contribution in [0.5, 0.6) is 5.75 Å². The van der Waals surface area contributed by atoms with Gasteiger partial charge >= 0.3 is 0 Å². The van der Waals surface area contributed by atoms with Gasteiger partial charge < -0.3 is 4.74 Å². The van der Waals surface area contributed by atoms with Crippen molar-refractivity contribution in [3.05, 3.63) is 107 Å². The van der Waals surface area contributed by atoms with Gasteiger partial charge in [-0.05, 0) is 29.3 Å². The monoisotopic (exact) mass is 505 g/mol. The van der Waals surface area contributed by atoms with E-state index in [-0.39, 0.29) is 5.54 Å². The van der Waals surface area contributed by atoms with E-state index in [0.29, 0.717) is 18.7 Å². The minimum absolute atomic E-state index is 0.386. The maximum atomic E-state index is 9.53. The number of methoxy groups -OCH3 is 1. The van der Waals surface area contributed by atoms with Gasteiger partial charge in [-0.3, -0.25) is 19.2 Å². The largest absolute Gasteiger partial charge is 0.497 e. The van der Waals surface area contributed by atoms with Gasteiger partial charge in [-0.2, -0.15) is 15.5 Å². The lowest BCUT2D eigenvalue weighted by molar-refractivity contribution is 0.0405. The SMILES string of the molecule is COc1ccc(Cn2cc(C3(N4CCN(Cc5ccccc5)CC4)C=Cc4c(C#N)cnn4C3)cn2)cc1. The fourth-order valence-corrected chi connectivity index (χ4v) is 5.59. The van der Waals surface area contributed by atoms with Crippen LogP contribution in [0.25, 0.3) is 6.08 Å². The molecule has 1 unspecified atom stereocenters. The molecule has 8 nitrogen and oxygen atoms in total. The fraction of sp³-hybridized carbons (Fsp3) is 0.300. The van der Waals surface area contributed by atoms with Gasteiger partial charge in [-0.25, -0.2) is 0 Å². The molecule has 38 heavy (non-hydrogen) atoms. The molecule has 0 aliphatic carbocycles. The molecule has 1 atom stereocenters. The first kappa shape index (κ1) is 24.2. The van der Waals surface area contributed by atoms with Crippen molar-refractivity contribution in [2.24, 2.45) is 0 Å². The number of aromatic nitrogens is 4. The third-order valence-corrected chi connectivity index (χ3v) is 7.73. The Morgan fingerprint density at radius 3 is 2.42 bits per heavy atom. The molecule has 4 heterocycles. The van der Waals surface area contributed by atoms with Gasteiger partial charge in [0.2, 0.25) is 0 Å². The second kappa shape index (κ2) is 10.3. The predicted molar refractivity (Wildman–Crippen MR) is 145 cm³/mol. The van der Waals surface area contributed by atoms with Crippen molar-refractivity contribution < 1.29 is 4.74 Å². The molecule has 0 bridgehead atoms. The molecule has 4 aromatic rings. The Morgan fingerprint density at radius 2 is 1.68 bits per heavy atom. The Hall–Kier alpha value is -4.19. The molecule has 1 fully saturated rings. The summed E-state index contributed by atoms with van der Waals surface area (Å²) >= 11 is 0. The first-order chi connectivity index (χ1) is 18.7. The number of ether oxygens (including phenoxy) is 1. The maximum Gasteiger partial charge on any atom is 0.118 e. The highest BCUT2D eigenvalue weighted by Gasteiger charge is 2.42. The first-order valence-electron chi connectivity index (χ1n) is 13.0. The van der Waals surface area contributed by atoms with Gasteiger partial charge in [-0.1, -0.05) is 48.5 Å². The molecular weight excluding hydrogens is 474 g/mol. The van der Waals surface area contributed by atoms with E-state index in [1.165, 1.54) is 5.56 Å². The number of nitrogens with zero attached hydrogens (tertiary/aromatic N) is 7. The van der Waals surface area contributed by atoms with Crippen molar-refractivity contribution in [2.75, 3.05) is 33.3 Å². The van der Waals surface area contributed by atoms with E-state index in [2.05, 4.69) is 81.8 Å². The Bertz CT molecular complexity index is 1460. The number of benzene rings is 2. The molecule has 6 rings (SSSR count). The summed E-state index contributed by atoms with van der Waals surface area (Å²) in [4.78, 5) is 5.07. The summed E-state index contributed by atoms with van der Waals surface area (Å²) in [6.45, 7) is 6.13. The quantitative estimate of drug-likeness (QED) is 0.381. The summed E-state index contributed by atoms with van der Waals surface area (Å²) in [7, 11) is 1.68. The standard InChI is InChI=1S/C30H31N7O/c1-38-28-9-7-25(8-10-28)21-36-22-27(19-32-36)30(12-11-29-26(17-31)18-33-37(29)23-30)35-15-13-34(14-16-35)20-24-5-3-2-4-6-24/h2-12,18-19,22H,13-16,20-21,23H2,1H3. The Balaban J connectivity index is 1.26. The lowest BCUT2D eigenvalue weighted by Gasteiger charge is -2.47. The van der Waals surface area contributed by atoms with Crippen LogP contribution in [-0.4, -0.2) is 62.6 Å². The van der Waals surface area contributed by atoms with Crippen LogP contribution in [-0.2, 0) is 25.2 Å². The average molecular weight is 506 g/mol. The van der Waals surface area contributed by atoms with Crippen molar-refractivity contribution in [1.29, 1.82) is 5.26 Å². The topological polar surface area (TPSA) is 75.1 Å². The zero-order chi connectivity index (χ0) is 26.0. The van der Waals surface area contributed by atoms with Crippen LogP contribution < -0.4 is 4.74 Å². The molecule has 2 aliphatic heterocycles. The van der Waals surface area contributed by atoms with E-state index < -0.39 is 0 Å². The molecule has 192 valence electrons. The van der Waals surface area contributed by atoms with Crippen LogP contribution in [0.3, 0.4) is 0 Å². The lowest BCUT2D eigenvalue weighted by Crippen LogP contribution is -2.56. The highest BCUT2D eigenvalue weighted by atomic mass is 16.5. The summed E-state index contributed by atoms with van der Waals surface area (Å²) in [6, 6.07) is 21.0. The number of fused-ring (bicyclic) bond motifs is 1. The van der Waals surface area contributed by atoms with Crippen molar-refractivity contribution in [3.8, 4) is 11.8 Å². The molecule has 2 aliphatic rings. The third kappa shape index (κ3) is 4.62. The maximum absolute atomic E-state index is 9.53. The molecule has 0 radical (unpaired) electrons. The number of hydrogen-bond acceptors (Lipinski definition) is 6. The van der Waals surface area contributed by atoms with Crippen LogP contribution >= 0.6 is 0 Å². The predicted octanol–water partition coefficient (Wildman–Crippen LogP) is 3.75. The van der Waals surface area contributed by atoms with Crippen molar-refractivity contribution in [1.82, 2.24) is 29.4 Å². The number of piperazine rings is 1. The Morgan fingerprint density at radius 1 is 0.921 bits per heavy atom. The van der Waals surface area contributed by atoms with Crippen molar-refractivity contribution in [3.63, 3.8) is 0 Å². The molecule has 0 amide bonds. The van der Waals surface area contributed by atoms with E-state index in [0.717, 1.165) is 55.3 Å². The number of hydrogen-bond donors (Lipinski definition) is 0. The van der Waals surface area contributed by atoms with Gasteiger partial charge in [0.1, 0.15) is 11.8 Å². The Labute approximate surface area is 223 Å². The molecular formula is C30H31N7O. The van der Waals surface area contributed by atoms with Crippen molar-refractivity contribution >= 4 is 6.08 Å².